The maximum absolute atomic E-state index is 9.58. The van der Waals surface area contributed by atoms with Crippen LogP contribution in [-0.4, -0.2) is 56.7 Å². The number of ether oxygens (including phenoxy) is 3. The van der Waals surface area contributed by atoms with E-state index in [0.717, 1.165) is 0 Å². The first-order chi connectivity index (χ1) is 7.81. The van der Waals surface area contributed by atoms with Crippen molar-refractivity contribution in [3.05, 3.63) is 0 Å². The number of rotatable bonds is 10. The second-order valence-corrected chi connectivity index (χ2v) is 9.51. The van der Waals surface area contributed by atoms with E-state index in [0.29, 0.717) is 26.4 Å². The lowest BCUT2D eigenvalue weighted by Crippen LogP contribution is -2.37. The molecule has 0 aliphatic heterocycles. The van der Waals surface area contributed by atoms with Gasteiger partial charge in [-0.05, 0) is 63.7 Å². The number of hydrogen-bond acceptors (Lipinski definition) is 5. The monoisotopic (exact) mass is 506 g/mol. The number of aliphatic hydroxyl groups excluding tert-OH is 1. The minimum absolute atomic E-state index is 0.00782. The van der Waals surface area contributed by atoms with Gasteiger partial charge in [-0.15, -0.1) is 0 Å². The smallest absolute Gasteiger partial charge is 0.227 e. The second-order valence-electron chi connectivity index (χ2n) is 2.85. The summed E-state index contributed by atoms with van der Waals surface area (Å²) in [6, 6.07) is 0. The van der Waals surface area contributed by atoms with Crippen LogP contribution in [0.2, 0.25) is 0 Å². The Labute approximate surface area is 134 Å². The molecule has 0 saturated heterocycles. The van der Waals surface area contributed by atoms with Crippen molar-refractivity contribution < 1.29 is 24.4 Å². The Kier molecular flexibility index (Phi) is 10.6. The zero-order valence-corrected chi connectivity index (χ0v) is 15.2. The molecular formula is C8H14Br4O5. The van der Waals surface area contributed by atoms with Crippen LogP contribution in [0.25, 0.3) is 0 Å². The van der Waals surface area contributed by atoms with E-state index < -0.39 is 6.84 Å². The number of alkyl halides is 4. The summed E-state index contributed by atoms with van der Waals surface area (Å²) in [6.45, 7) is 1.80. The highest BCUT2D eigenvalue weighted by molar-refractivity contribution is 9.30. The summed E-state index contributed by atoms with van der Waals surface area (Å²) in [7, 11) is 0. The van der Waals surface area contributed by atoms with Gasteiger partial charge in [0.25, 0.3) is 0 Å². The summed E-state index contributed by atoms with van der Waals surface area (Å²) in [4.78, 5) is 0. The average molecular weight is 510 g/mol. The highest BCUT2D eigenvalue weighted by Crippen LogP contribution is 2.46. The fraction of sp³-hybridized carbons (Fsp3) is 1.00. The third-order valence-electron chi connectivity index (χ3n) is 1.47. The van der Waals surface area contributed by atoms with Gasteiger partial charge >= 0.3 is 0 Å². The number of hydrogen-bond donors (Lipinski definition) is 2. The molecule has 0 aromatic rings. The topological polar surface area (TPSA) is 68.2 Å². The molecule has 0 aliphatic carbocycles. The molecule has 0 spiro atoms. The van der Waals surface area contributed by atoms with Gasteiger partial charge in [0.05, 0.1) is 39.6 Å². The molecule has 0 aliphatic rings. The van der Waals surface area contributed by atoms with Gasteiger partial charge in [0.2, 0.25) is 6.84 Å². The summed E-state index contributed by atoms with van der Waals surface area (Å²) in [5.74, 6) is 0. The molecule has 0 aromatic carbocycles. The molecule has 0 rings (SSSR count). The zero-order valence-electron chi connectivity index (χ0n) is 8.87. The minimum atomic E-state index is -1.43. The predicted octanol–water partition coefficient (Wildman–Crippen LogP) is 1.91. The highest BCUT2D eigenvalue weighted by atomic mass is 79.9. The van der Waals surface area contributed by atoms with Crippen LogP contribution < -0.4 is 0 Å². The van der Waals surface area contributed by atoms with E-state index in [2.05, 4.69) is 63.7 Å². The van der Waals surface area contributed by atoms with E-state index >= 15 is 0 Å². The lowest BCUT2D eigenvalue weighted by atomic mass is 10.7. The summed E-state index contributed by atoms with van der Waals surface area (Å²) in [5.41, 5.74) is 0. The average Bonchev–Trinajstić information content (AvgIpc) is 2.20. The first-order valence-electron chi connectivity index (χ1n) is 4.69. The van der Waals surface area contributed by atoms with Crippen LogP contribution in [0.5, 0.6) is 0 Å². The van der Waals surface area contributed by atoms with Crippen LogP contribution in [0.4, 0.5) is 0 Å². The fourth-order valence-electron chi connectivity index (χ4n) is 0.702. The molecule has 0 radical (unpaired) electrons. The standard InChI is InChI=1S/C8H14Br4O5/c9-7(10,14)8(11,12)17-6-5-16-4-3-15-2-1-13/h13-14H,1-6H2. The predicted molar refractivity (Wildman–Crippen MR) is 78.1 cm³/mol. The maximum atomic E-state index is 9.58. The van der Waals surface area contributed by atoms with Crippen LogP contribution in [0.3, 0.4) is 0 Å². The molecule has 0 atom stereocenters. The molecule has 2 N–H and O–H groups in total. The van der Waals surface area contributed by atoms with Crippen LogP contribution in [0, 0.1) is 0 Å². The number of aliphatic hydroxyl groups is 2. The van der Waals surface area contributed by atoms with E-state index in [9.17, 15) is 5.11 Å². The third-order valence-corrected chi connectivity index (χ3v) is 6.32. The Morgan fingerprint density at radius 2 is 1.29 bits per heavy atom. The van der Waals surface area contributed by atoms with Crippen LogP contribution in [0.15, 0.2) is 0 Å². The van der Waals surface area contributed by atoms with Gasteiger partial charge in [0.15, 0.2) is 0 Å². The van der Waals surface area contributed by atoms with E-state index in [1.54, 1.807) is 0 Å². The molecule has 9 heteroatoms. The van der Waals surface area contributed by atoms with Crippen LogP contribution in [0.1, 0.15) is 0 Å². The quantitative estimate of drug-likeness (QED) is 0.348. The van der Waals surface area contributed by atoms with Gasteiger partial charge in [0.1, 0.15) is 0 Å². The SMILES string of the molecule is OCCOCCOCCOC(Br)(Br)C(O)(Br)Br. The lowest BCUT2D eigenvalue weighted by Gasteiger charge is -2.29. The second kappa shape index (κ2) is 9.60. The summed E-state index contributed by atoms with van der Waals surface area (Å²) in [6.07, 6.45) is 0. The Morgan fingerprint density at radius 3 is 1.76 bits per heavy atom. The van der Waals surface area contributed by atoms with Crippen molar-refractivity contribution >= 4 is 63.7 Å². The molecular weight excluding hydrogens is 496 g/mol. The molecule has 0 saturated carbocycles. The van der Waals surface area contributed by atoms with Gasteiger partial charge in [-0.2, -0.15) is 0 Å². The van der Waals surface area contributed by atoms with Crippen molar-refractivity contribution in [2.45, 2.75) is 6.84 Å². The Hall–Kier alpha value is 1.72. The lowest BCUT2D eigenvalue weighted by molar-refractivity contribution is -0.0186. The normalized spacial score (nSPS) is 13.1. The highest BCUT2D eigenvalue weighted by Gasteiger charge is 2.44. The maximum Gasteiger partial charge on any atom is 0.227 e. The first kappa shape index (κ1) is 18.7. The largest absolute Gasteiger partial charge is 0.394 e. The molecule has 0 fully saturated rings. The van der Waals surface area contributed by atoms with E-state index in [4.69, 9.17) is 19.3 Å². The summed E-state index contributed by atoms with van der Waals surface area (Å²) in [5, 5.41) is 18.0. The number of halogens is 4. The van der Waals surface area contributed by atoms with Gasteiger partial charge in [0, 0.05) is 0 Å². The van der Waals surface area contributed by atoms with Crippen molar-refractivity contribution in [2.24, 2.45) is 0 Å². The molecule has 0 bridgehead atoms. The Morgan fingerprint density at radius 1 is 0.824 bits per heavy atom. The minimum Gasteiger partial charge on any atom is -0.394 e. The van der Waals surface area contributed by atoms with Crippen molar-refractivity contribution in [1.29, 1.82) is 0 Å². The van der Waals surface area contributed by atoms with Gasteiger partial charge < -0.3 is 24.4 Å². The Bertz CT molecular complexity index is 197. The zero-order chi connectivity index (χ0) is 13.4. The van der Waals surface area contributed by atoms with Crippen LogP contribution in [-0.2, 0) is 14.2 Å². The molecule has 0 heterocycles. The van der Waals surface area contributed by atoms with Crippen molar-refractivity contribution in [2.75, 3.05) is 39.6 Å². The summed E-state index contributed by atoms with van der Waals surface area (Å²) < 4.78 is 12.9. The third kappa shape index (κ3) is 9.28. The first-order valence-corrected chi connectivity index (χ1v) is 7.87. The van der Waals surface area contributed by atoms with E-state index in [-0.39, 0.29) is 13.2 Å². The molecule has 5 nitrogen and oxygen atoms in total. The van der Waals surface area contributed by atoms with Gasteiger partial charge in [-0.3, -0.25) is 0 Å². The van der Waals surface area contributed by atoms with Crippen LogP contribution >= 0.6 is 63.7 Å². The molecule has 104 valence electrons. The van der Waals surface area contributed by atoms with E-state index in [1.807, 2.05) is 0 Å². The molecule has 0 amide bonds. The summed E-state index contributed by atoms with van der Waals surface area (Å²) >= 11 is 12.3. The Balaban J connectivity index is 3.46. The van der Waals surface area contributed by atoms with Gasteiger partial charge in [-0.1, -0.05) is 0 Å². The van der Waals surface area contributed by atoms with E-state index in [1.165, 1.54) is 0 Å². The van der Waals surface area contributed by atoms with Crippen molar-refractivity contribution in [3.8, 4) is 0 Å². The molecule has 0 aromatic heterocycles. The van der Waals surface area contributed by atoms with Crippen molar-refractivity contribution in [3.63, 3.8) is 0 Å². The fourth-order valence-corrected chi connectivity index (χ4v) is 1.25. The molecule has 0 unspecified atom stereocenters. The van der Waals surface area contributed by atoms with Crippen molar-refractivity contribution in [1.82, 2.24) is 0 Å². The van der Waals surface area contributed by atoms with Gasteiger partial charge in [-0.25, -0.2) is 0 Å². The molecule has 17 heavy (non-hydrogen) atoms.